The first kappa shape index (κ1) is 16.3. The summed E-state index contributed by atoms with van der Waals surface area (Å²) in [7, 11) is 0. The monoisotopic (exact) mass is 340 g/mol. The van der Waals surface area contributed by atoms with Crippen LogP contribution in [0.3, 0.4) is 0 Å². The maximum absolute atomic E-state index is 12.4. The molecule has 1 saturated heterocycles. The van der Waals surface area contributed by atoms with E-state index in [0.717, 1.165) is 17.3 Å². The Kier molecular flexibility index (Phi) is 4.96. The Morgan fingerprint density at radius 1 is 1.00 bits per heavy atom. The molecule has 1 atom stereocenters. The van der Waals surface area contributed by atoms with Gasteiger partial charge in [-0.15, -0.1) is 0 Å². The third kappa shape index (κ3) is 3.83. The van der Waals surface area contributed by atoms with E-state index in [4.69, 9.17) is 0 Å². The van der Waals surface area contributed by atoms with Gasteiger partial charge in [0.05, 0.1) is 6.54 Å². The van der Waals surface area contributed by atoms with E-state index in [2.05, 4.69) is 5.32 Å². The summed E-state index contributed by atoms with van der Waals surface area (Å²) in [4.78, 5) is 37.8. The number of hydrogen-bond acceptors (Lipinski definition) is 4. The van der Waals surface area contributed by atoms with Crippen LogP contribution >= 0.6 is 11.8 Å². The number of anilines is 1. The van der Waals surface area contributed by atoms with Crippen molar-refractivity contribution in [2.24, 2.45) is 0 Å². The standard InChI is InChI=1S/C18H16N2O3S/c21-16(19-14-9-5-2-6-10-14)11-15-17(22)20(18(23)24-15)12-13-7-3-1-4-8-13/h1-10,15H,11-12H2,(H,19,21)/t15-/m0/s1. The van der Waals surface area contributed by atoms with E-state index in [-0.39, 0.29) is 30.0 Å². The molecule has 5 nitrogen and oxygen atoms in total. The molecule has 6 heteroatoms. The first-order chi connectivity index (χ1) is 11.6. The van der Waals surface area contributed by atoms with E-state index in [9.17, 15) is 14.4 Å². The minimum atomic E-state index is -0.662. The van der Waals surface area contributed by atoms with Crippen molar-refractivity contribution in [3.05, 3.63) is 66.2 Å². The average molecular weight is 340 g/mol. The van der Waals surface area contributed by atoms with E-state index >= 15 is 0 Å². The van der Waals surface area contributed by atoms with Gasteiger partial charge in [-0.3, -0.25) is 19.3 Å². The van der Waals surface area contributed by atoms with Gasteiger partial charge in [0.1, 0.15) is 5.25 Å². The summed E-state index contributed by atoms with van der Waals surface area (Å²) in [6, 6.07) is 18.3. The molecule has 1 aliphatic heterocycles. The van der Waals surface area contributed by atoms with Crippen molar-refractivity contribution < 1.29 is 14.4 Å². The van der Waals surface area contributed by atoms with Crippen molar-refractivity contribution in [3.8, 4) is 0 Å². The number of nitrogens with zero attached hydrogens (tertiary/aromatic N) is 1. The van der Waals surface area contributed by atoms with Gasteiger partial charge in [0.25, 0.3) is 5.24 Å². The average Bonchev–Trinajstić information content (AvgIpc) is 2.84. The zero-order valence-corrected chi connectivity index (χ0v) is 13.7. The van der Waals surface area contributed by atoms with Crippen LogP contribution in [0.15, 0.2) is 60.7 Å². The number of benzene rings is 2. The zero-order valence-electron chi connectivity index (χ0n) is 12.8. The van der Waals surface area contributed by atoms with Gasteiger partial charge in [-0.25, -0.2) is 0 Å². The Balaban J connectivity index is 1.60. The molecule has 2 aromatic rings. The molecule has 1 N–H and O–H groups in total. The minimum Gasteiger partial charge on any atom is -0.326 e. The van der Waals surface area contributed by atoms with Crippen LogP contribution in [-0.4, -0.2) is 27.2 Å². The van der Waals surface area contributed by atoms with Crippen LogP contribution in [-0.2, 0) is 16.1 Å². The van der Waals surface area contributed by atoms with Crippen molar-refractivity contribution >= 4 is 34.5 Å². The number of amides is 3. The summed E-state index contributed by atoms with van der Waals surface area (Å²) in [6.45, 7) is 0.238. The lowest BCUT2D eigenvalue weighted by molar-refractivity contribution is -0.129. The molecule has 3 amide bonds. The topological polar surface area (TPSA) is 66.5 Å². The number of para-hydroxylation sites is 1. The Morgan fingerprint density at radius 2 is 1.62 bits per heavy atom. The molecule has 3 rings (SSSR count). The number of rotatable bonds is 5. The van der Waals surface area contributed by atoms with Crippen molar-refractivity contribution in [1.29, 1.82) is 0 Å². The number of imide groups is 1. The van der Waals surface area contributed by atoms with Crippen LogP contribution in [0.4, 0.5) is 10.5 Å². The number of carbonyl (C=O) groups is 3. The largest absolute Gasteiger partial charge is 0.326 e. The van der Waals surface area contributed by atoms with Crippen LogP contribution in [0, 0.1) is 0 Å². The zero-order chi connectivity index (χ0) is 16.9. The van der Waals surface area contributed by atoms with Gasteiger partial charge < -0.3 is 5.32 Å². The Bertz CT molecular complexity index is 749. The normalized spacial score (nSPS) is 17.2. The first-order valence-electron chi connectivity index (χ1n) is 7.54. The highest BCUT2D eigenvalue weighted by Crippen LogP contribution is 2.30. The Labute approximate surface area is 144 Å². The molecular weight excluding hydrogens is 324 g/mol. The summed E-state index contributed by atoms with van der Waals surface area (Å²) in [5, 5.41) is 1.77. The highest BCUT2D eigenvalue weighted by atomic mass is 32.2. The third-order valence-corrected chi connectivity index (χ3v) is 4.69. The third-order valence-electron chi connectivity index (χ3n) is 3.62. The van der Waals surface area contributed by atoms with E-state index in [1.54, 1.807) is 12.1 Å². The van der Waals surface area contributed by atoms with Crippen LogP contribution in [0.5, 0.6) is 0 Å². The van der Waals surface area contributed by atoms with Crippen molar-refractivity contribution in [1.82, 2.24) is 4.90 Å². The van der Waals surface area contributed by atoms with Crippen LogP contribution in [0.25, 0.3) is 0 Å². The van der Waals surface area contributed by atoms with Gasteiger partial charge in [-0.2, -0.15) is 0 Å². The van der Waals surface area contributed by atoms with Gasteiger partial charge in [-0.1, -0.05) is 60.3 Å². The Morgan fingerprint density at radius 3 is 2.29 bits per heavy atom. The molecule has 0 radical (unpaired) electrons. The predicted molar refractivity (Wildman–Crippen MR) is 93.5 cm³/mol. The van der Waals surface area contributed by atoms with Gasteiger partial charge >= 0.3 is 0 Å². The molecular formula is C18H16N2O3S. The highest BCUT2D eigenvalue weighted by molar-refractivity contribution is 8.15. The molecule has 1 heterocycles. The van der Waals surface area contributed by atoms with Crippen LogP contribution in [0.2, 0.25) is 0 Å². The van der Waals surface area contributed by atoms with Crippen molar-refractivity contribution in [2.45, 2.75) is 18.2 Å². The SMILES string of the molecule is O=C(C[C@@H]1SC(=O)N(Cc2ccccc2)C1=O)Nc1ccccc1. The fraction of sp³-hybridized carbons (Fsp3) is 0.167. The summed E-state index contributed by atoms with van der Waals surface area (Å²) in [5.41, 5.74) is 1.56. The van der Waals surface area contributed by atoms with E-state index in [1.807, 2.05) is 48.5 Å². The summed E-state index contributed by atoms with van der Waals surface area (Å²) >= 11 is 0.917. The molecule has 0 aliphatic carbocycles. The quantitative estimate of drug-likeness (QED) is 0.907. The molecule has 0 spiro atoms. The molecule has 1 fully saturated rings. The number of hydrogen-bond donors (Lipinski definition) is 1. The van der Waals surface area contributed by atoms with Crippen LogP contribution in [0.1, 0.15) is 12.0 Å². The molecule has 1 aliphatic rings. The van der Waals surface area contributed by atoms with E-state index < -0.39 is 5.25 Å². The molecule has 0 bridgehead atoms. The van der Waals surface area contributed by atoms with Gasteiger partial charge in [0, 0.05) is 12.1 Å². The fourth-order valence-corrected chi connectivity index (χ4v) is 3.43. The molecule has 2 aromatic carbocycles. The second kappa shape index (κ2) is 7.31. The number of carbonyl (C=O) groups excluding carboxylic acids is 3. The van der Waals surface area contributed by atoms with Gasteiger partial charge in [0.15, 0.2) is 0 Å². The summed E-state index contributed by atoms with van der Waals surface area (Å²) < 4.78 is 0. The summed E-state index contributed by atoms with van der Waals surface area (Å²) in [5.74, 6) is -0.585. The van der Waals surface area contributed by atoms with Gasteiger partial charge in [-0.05, 0) is 17.7 Å². The van der Waals surface area contributed by atoms with Crippen molar-refractivity contribution in [3.63, 3.8) is 0 Å². The lowest BCUT2D eigenvalue weighted by atomic mass is 10.2. The van der Waals surface area contributed by atoms with Crippen molar-refractivity contribution in [2.75, 3.05) is 5.32 Å². The first-order valence-corrected chi connectivity index (χ1v) is 8.42. The lowest BCUT2D eigenvalue weighted by Gasteiger charge is -2.13. The lowest BCUT2D eigenvalue weighted by Crippen LogP contribution is -2.32. The summed E-state index contributed by atoms with van der Waals surface area (Å²) in [6.07, 6.45) is -0.0184. The Hall–Kier alpha value is -2.60. The molecule has 122 valence electrons. The van der Waals surface area contributed by atoms with E-state index in [0.29, 0.717) is 5.69 Å². The highest BCUT2D eigenvalue weighted by Gasteiger charge is 2.40. The fourth-order valence-electron chi connectivity index (χ4n) is 2.44. The van der Waals surface area contributed by atoms with Crippen LogP contribution < -0.4 is 5.32 Å². The molecule has 24 heavy (non-hydrogen) atoms. The second-order valence-corrected chi connectivity index (χ2v) is 6.55. The molecule has 0 saturated carbocycles. The predicted octanol–water partition coefficient (Wildman–Crippen LogP) is 3.28. The maximum Gasteiger partial charge on any atom is 0.289 e. The molecule has 0 aromatic heterocycles. The smallest absolute Gasteiger partial charge is 0.289 e. The minimum absolute atomic E-state index is 0.0184. The molecule has 0 unspecified atom stereocenters. The van der Waals surface area contributed by atoms with E-state index in [1.165, 1.54) is 4.90 Å². The number of nitrogens with one attached hydrogen (secondary N) is 1. The second-order valence-electron chi connectivity index (χ2n) is 5.40. The maximum atomic E-state index is 12.4. The number of thioether (sulfide) groups is 1. The van der Waals surface area contributed by atoms with Gasteiger partial charge in [0.2, 0.25) is 11.8 Å².